The summed E-state index contributed by atoms with van der Waals surface area (Å²) in [5, 5.41) is 0. The number of hydrogen-bond donors (Lipinski definition) is 1. The molecular weight excluding hydrogens is 256 g/mol. The zero-order chi connectivity index (χ0) is 15.2. The summed E-state index contributed by atoms with van der Waals surface area (Å²) in [6, 6.07) is 19.0. The molecule has 0 fully saturated rings. The third-order valence-electron chi connectivity index (χ3n) is 4.10. The Kier molecular flexibility index (Phi) is 5.54. The molecule has 2 nitrogen and oxygen atoms in total. The number of nitrogens with zero attached hydrogens (tertiary/aromatic N) is 1. The highest BCUT2D eigenvalue weighted by Crippen LogP contribution is 2.20. The molecule has 0 amide bonds. The molecule has 2 aromatic rings. The monoisotopic (exact) mass is 282 g/mol. The molecule has 2 heteroatoms. The number of hydrogen-bond acceptors (Lipinski definition) is 2. The molecule has 0 heterocycles. The molecule has 2 rings (SSSR count). The lowest BCUT2D eigenvalue weighted by Gasteiger charge is -2.26. The smallest absolute Gasteiger partial charge is 0.0333 e. The van der Waals surface area contributed by atoms with Crippen molar-refractivity contribution in [3.8, 4) is 0 Å². The van der Waals surface area contributed by atoms with E-state index in [4.69, 9.17) is 5.73 Å². The number of nitrogens with two attached hydrogens (primary N) is 1. The average Bonchev–Trinajstić information content (AvgIpc) is 2.49. The fourth-order valence-electron chi connectivity index (χ4n) is 2.75. The van der Waals surface area contributed by atoms with E-state index >= 15 is 0 Å². The Morgan fingerprint density at radius 3 is 2.29 bits per heavy atom. The van der Waals surface area contributed by atoms with E-state index in [2.05, 4.69) is 74.3 Å². The van der Waals surface area contributed by atoms with Crippen LogP contribution in [0.2, 0.25) is 0 Å². The van der Waals surface area contributed by atoms with Crippen molar-refractivity contribution in [2.24, 2.45) is 11.7 Å². The number of aryl methyl sites for hydroxylation is 1. The minimum atomic E-state index is 0.0884. The second kappa shape index (κ2) is 7.39. The summed E-state index contributed by atoms with van der Waals surface area (Å²) >= 11 is 0. The van der Waals surface area contributed by atoms with Crippen molar-refractivity contribution in [1.82, 2.24) is 4.90 Å². The fraction of sp³-hybridized carbons (Fsp3) is 0.368. The van der Waals surface area contributed by atoms with Gasteiger partial charge in [-0.05, 0) is 36.6 Å². The Morgan fingerprint density at radius 1 is 1.00 bits per heavy atom. The Balaban J connectivity index is 1.93. The Labute approximate surface area is 128 Å². The van der Waals surface area contributed by atoms with Crippen LogP contribution in [0.15, 0.2) is 54.6 Å². The maximum atomic E-state index is 6.38. The zero-order valence-corrected chi connectivity index (χ0v) is 13.3. The second-order valence-electron chi connectivity index (χ2n) is 6.04. The summed E-state index contributed by atoms with van der Waals surface area (Å²) in [7, 11) is 2.17. The largest absolute Gasteiger partial charge is 0.324 e. The van der Waals surface area contributed by atoms with Crippen LogP contribution < -0.4 is 5.73 Å². The lowest BCUT2D eigenvalue weighted by Crippen LogP contribution is -2.31. The Morgan fingerprint density at radius 2 is 1.62 bits per heavy atom. The SMILES string of the molecule is Cc1ccccc1CN(C)CC(C)C(N)c1ccccc1. The molecule has 0 spiro atoms. The summed E-state index contributed by atoms with van der Waals surface area (Å²) in [4.78, 5) is 2.36. The van der Waals surface area contributed by atoms with Crippen molar-refractivity contribution in [1.29, 1.82) is 0 Å². The lowest BCUT2D eigenvalue weighted by atomic mass is 9.95. The highest BCUT2D eigenvalue weighted by Gasteiger charge is 2.16. The van der Waals surface area contributed by atoms with E-state index in [0.29, 0.717) is 5.92 Å². The first kappa shape index (κ1) is 15.7. The van der Waals surface area contributed by atoms with Gasteiger partial charge in [0.25, 0.3) is 0 Å². The van der Waals surface area contributed by atoms with Crippen molar-refractivity contribution >= 4 is 0 Å². The standard InChI is InChI=1S/C19H26N2/c1-15-9-7-8-12-18(15)14-21(3)13-16(2)19(20)17-10-5-4-6-11-17/h4-12,16,19H,13-14,20H2,1-3H3. The molecule has 2 unspecified atom stereocenters. The highest BCUT2D eigenvalue weighted by atomic mass is 15.1. The molecule has 0 aliphatic heterocycles. The summed E-state index contributed by atoms with van der Waals surface area (Å²) in [5.41, 5.74) is 10.3. The molecule has 2 aromatic carbocycles. The van der Waals surface area contributed by atoms with Gasteiger partial charge in [0.1, 0.15) is 0 Å². The van der Waals surface area contributed by atoms with Crippen molar-refractivity contribution in [3.63, 3.8) is 0 Å². The van der Waals surface area contributed by atoms with Crippen LogP contribution in [0.4, 0.5) is 0 Å². The quantitative estimate of drug-likeness (QED) is 0.874. The van der Waals surface area contributed by atoms with E-state index in [1.165, 1.54) is 16.7 Å². The first-order valence-corrected chi connectivity index (χ1v) is 7.61. The average molecular weight is 282 g/mol. The molecule has 0 saturated heterocycles. The zero-order valence-electron chi connectivity index (χ0n) is 13.3. The molecule has 2 atom stereocenters. The molecule has 2 N–H and O–H groups in total. The molecule has 0 aromatic heterocycles. The van der Waals surface area contributed by atoms with Crippen LogP contribution in [0.1, 0.15) is 29.7 Å². The van der Waals surface area contributed by atoms with Crippen molar-refractivity contribution < 1.29 is 0 Å². The summed E-state index contributed by atoms with van der Waals surface area (Å²) in [6.45, 7) is 6.36. The van der Waals surface area contributed by atoms with Gasteiger partial charge in [-0.15, -0.1) is 0 Å². The minimum Gasteiger partial charge on any atom is -0.324 e. The van der Waals surface area contributed by atoms with E-state index in [9.17, 15) is 0 Å². The Bertz CT molecular complexity index is 551. The van der Waals surface area contributed by atoms with Gasteiger partial charge in [-0.3, -0.25) is 0 Å². The van der Waals surface area contributed by atoms with Crippen LogP contribution in [0.25, 0.3) is 0 Å². The molecule has 0 aliphatic rings. The molecular formula is C19H26N2. The Hall–Kier alpha value is -1.64. The summed E-state index contributed by atoms with van der Waals surface area (Å²) in [6.07, 6.45) is 0. The van der Waals surface area contributed by atoms with Crippen LogP contribution >= 0.6 is 0 Å². The van der Waals surface area contributed by atoms with Crippen molar-refractivity contribution in [2.45, 2.75) is 26.4 Å². The van der Waals surface area contributed by atoms with Crippen LogP contribution in [-0.4, -0.2) is 18.5 Å². The van der Waals surface area contributed by atoms with Gasteiger partial charge in [-0.2, -0.15) is 0 Å². The van der Waals surface area contributed by atoms with Gasteiger partial charge < -0.3 is 10.6 Å². The van der Waals surface area contributed by atoms with E-state index in [0.717, 1.165) is 13.1 Å². The third kappa shape index (κ3) is 4.42. The maximum absolute atomic E-state index is 6.38. The maximum Gasteiger partial charge on any atom is 0.0333 e. The van der Waals surface area contributed by atoms with Crippen LogP contribution in [0, 0.1) is 12.8 Å². The first-order valence-electron chi connectivity index (χ1n) is 7.61. The van der Waals surface area contributed by atoms with E-state index in [1.807, 2.05) is 6.07 Å². The summed E-state index contributed by atoms with van der Waals surface area (Å²) in [5.74, 6) is 0.418. The normalized spacial score (nSPS) is 14.1. The molecule has 0 bridgehead atoms. The van der Waals surface area contributed by atoms with E-state index < -0.39 is 0 Å². The van der Waals surface area contributed by atoms with Gasteiger partial charge >= 0.3 is 0 Å². The van der Waals surface area contributed by atoms with Crippen molar-refractivity contribution in [2.75, 3.05) is 13.6 Å². The molecule has 112 valence electrons. The van der Waals surface area contributed by atoms with Gasteiger partial charge in [0.05, 0.1) is 0 Å². The van der Waals surface area contributed by atoms with Gasteiger partial charge in [-0.1, -0.05) is 61.5 Å². The number of benzene rings is 2. The van der Waals surface area contributed by atoms with Crippen LogP contribution in [0.5, 0.6) is 0 Å². The van der Waals surface area contributed by atoms with Crippen LogP contribution in [0.3, 0.4) is 0 Å². The molecule has 0 aliphatic carbocycles. The first-order chi connectivity index (χ1) is 10.1. The molecule has 0 saturated carbocycles. The summed E-state index contributed by atoms with van der Waals surface area (Å²) < 4.78 is 0. The molecule has 21 heavy (non-hydrogen) atoms. The van der Waals surface area contributed by atoms with Crippen molar-refractivity contribution in [3.05, 3.63) is 71.3 Å². The molecule has 0 radical (unpaired) electrons. The minimum absolute atomic E-state index is 0.0884. The predicted molar refractivity (Wildman–Crippen MR) is 90.0 cm³/mol. The van der Waals surface area contributed by atoms with Gasteiger partial charge in [-0.25, -0.2) is 0 Å². The lowest BCUT2D eigenvalue weighted by molar-refractivity contribution is 0.257. The second-order valence-corrected chi connectivity index (χ2v) is 6.04. The fourth-order valence-corrected chi connectivity index (χ4v) is 2.75. The highest BCUT2D eigenvalue weighted by molar-refractivity contribution is 5.25. The number of rotatable bonds is 6. The van der Waals surface area contributed by atoms with Gasteiger partial charge in [0, 0.05) is 19.1 Å². The van der Waals surface area contributed by atoms with E-state index in [1.54, 1.807) is 0 Å². The topological polar surface area (TPSA) is 29.3 Å². The van der Waals surface area contributed by atoms with E-state index in [-0.39, 0.29) is 6.04 Å². The van der Waals surface area contributed by atoms with Crippen LogP contribution in [-0.2, 0) is 6.54 Å². The third-order valence-corrected chi connectivity index (χ3v) is 4.10. The predicted octanol–water partition coefficient (Wildman–Crippen LogP) is 3.76. The van der Waals surface area contributed by atoms with Gasteiger partial charge in [0.2, 0.25) is 0 Å². The van der Waals surface area contributed by atoms with Gasteiger partial charge in [0.15, 0.2) is 0 Å².